The van der Waals surface area contributed by atoms with Crippen molar-refractivity contribution in [2.75, 3.05) is 6.54 Å². The zero-order valence-electron chi connectivity index (χ0n) is 10.2. The zero-order valence-corrected chi connectivity index (χ0v) is 11.1. The first kappa shape index (κ1) is 13.6. The van der Waals surface area contributed by atoms with Gasteiger partial charge in [-0.15, -0.1) is 10.2 Å². The summed E-state index contributed by atoms with van der Waals surface area (Å²) in [5.41, 5.74) is 0.228. The Morgan fingerprint density at radius 3 is 2.95 bits per heavy atom. The first-order valence-electron chi connectivity index (χ1n) is 5.50. The van der Waals surface area contributed by atoms with Gasteiger partial charge in [0.2, 0.25) is 0 Å². The number of aromatic amines is 1. The molecule has 0 radical (unpaired) electrons. The molecular weight excluding hydrogens is 272 g/mol. The van der Waals surface area contributed by atoms with Gasteiger partial charge in [-0.25, -0.2) is 13.1 Å². The molecule has 0 saturated carbocycles. The van der Waals surface area contributed by atoms with Crippen LogP contribution in [0.15, 0.2) is 17.6 Å². The van der Waals surface area contributed by atoms with Gasteiger partial charge in [-0.1, -0.05) is 0 Å². The summed E-state index contributed by atoms with van der Waals surface area (Å²) in [6, 6.07) is 0. The maximum Gasteiger partial charge on any atom is 0.257 e. The van der Waals surface area contributed by atoms with Crippen LogP contribution in [0.25, 0.3) is 0 Å². The number of aromatic nitrogens is 5. The monoisotopic (exact) mass is 286 g/mol. The lowest BCUT2D eigenvalue weighted by Crippen LogP contribution is -2.27. The van der Waals surface area contributed by atoms with Gasteiger partial charge in [0.25, 0.3) is 10.0 Å². The molecule has 10 heteroatoms. The lowest BCUT2D eigenvalue weighted by molar-refractivity contribution is 0.278. The Bertz CT molecular complexity index is 646. The van der Waals surface area contributed by atoms with Crippen LogP contribution in [0.3, 0.4) is 0 Å². The number of aryl methyl sites for hydroxylation is 1. The quantitative estimate of drug-likeness (QED) is 0.596. The van der Waals surface area contributed by atoms with E-state index < -0.39 is 16.6 Å². The summed E-state index contributed by atoms with van der Waals surface area (Å²) < 4.78 is 28.0. The van der Waals surface area contributed by atoms with Crippen LogP contribution in [0.5, 0.6) is 0 Å². The maximum atomic E-state index is 12.0. The van der Waals surface area contributed by atoms with Crippen LogP contribution in [0.2, 0.25) is 0 Å². The SMILES string of the molecule is Cn1cnnc1CCNS(=O)(=O)c1[nH]ncc1CO. The van der Waals surface area contributed by atoms with E-state index in [0.717, 1.165) is 0 Å². The van der Waals surface area contributed by atoms with Gasteiger partial charge in [-0.2, -0.15) is 5.10 Å². The average Bonchev–Trinajstić information content (AvgIpc) is 2.98. The van der Waals surface area contributed by atoms with Gasteiger partial charge >= 0.3 is 0 Å². The third kappa shape index (κ3) is 2.97. The summed E-state index contributed by atoms with van der Waals surface area (Å²) >= 11 is 0. The van der Waals surface area contributed by atoms with Gasteiger partial charge < -0.3 is 9.67 Å². The van der Waals surface area contributed by atoms with Gasteiger partial charge in [0.15, 0.2) is 5.03 Å². The normalized spacial score (nSPS) is 11.9. The second-order valence-electron chi connectivity index (χ2n) is 3.89. The summed E-state index contributed by atoms with van der Waals surface area (Å²) in [5, 5.41) is 22.4. The predicted molar refractivity (Wildman–Crippen MR) is 64.4 cm³/mol. The van der Waals surface area contributed by atoms with Crippen LogP contribution >= 0.6 is 0 Å². The highest BCUT2D eigenvalue weighted by atomic mass is 32.2. The van der Waals surface area contributed by atoms with E-state index in [0.29, 0.717) is 12.2 Å². The number of sulfonamides is 1. The minimum atomic E-state index is -3.71. The third-order valence-electron chi connectivity index (χ3n) is 2.56. The molecule has 3 N–H and O–H groups in total. The van der Waals surface area contributed by atoms with E-state index >= 15 is 0 Å². The van der Waals surface area contributed by atoms with Crippen molar-refractivity contribution in [1.82, 2.24) is 29.7 Å². The highest BCUT2D eigenvalue weighted by molar-refractivity contribution is 7.89. The van der Waals surface area contributed by atoms with Gasteiger partial charge in [0.05, 0.1) is 12.8 Å². The Labute approximate surface area is 109 Å². The topological polar surface area (TPSA) is 126 Å². The summed E-state index contributed by atoms with van der Waals surface area (Å²) in [4.78, 5) is 0. The van der Waals surface area contributed by atoms with E-state index in [1.165, 1.54) is 6.20 Å². The van der Waals surface area contributed by atoms with E-state index in [9.17, 15) is 8.42 Å². The predicted octanol–water partition coefficient (Wildman–Crippen LogP) is -1.45. The molecule has 0 fully saturated rings. The molecule has 2 heterocycles. The number of H-pyrrole nitrogens is 1. The second kappa shape index (κ2) is 5.47. The molecule has 2 aromatic rings. The molecule has 2 rings (SSSR count). The van der Waals surface area contributed by atoms with Crippen molar-refractivity contribution in [3.63, 3.8) is 0 Å². The number of nitrogens with one attached hydrogen (secondary N) is 2. The number of rotatable bonds is 6. The van der Waals surface area contributed by atoms with Crippen LogP contribution in [0.4, 0.5) is 0 Å². The molecule has 0 aliphatic rings. The Morgan fingerprint density at radius 2 is 2.32 bits per heavy atom. The number of aliphatic hydroxyl groups excluding tert-OH is 1. The molecular formula is C9H14N6O3S. The summed E-state index contributed by atoms with van der Waals surface area (Å²) in [6.07, 6.45) is 3.23. The zero-order chi connectivity index (χ0) is 13.9. The van der Waals surface area contributed by atoms with Crippen LogP contribution in [0, 0.1) is 0 Å². The average molecular weight is 286 g/mol. The molecule has 9 nitrogen and oxygen atoms in total. The van der Waals surface area contributed by atoms with Crippen molar-refractivity contribution in [3.05, 3.63) is 23.9 Å². The van der Waals surface area contributed by atoms with Crippen molar-refractivity contribution in [2.45, 2.75) is 18.1 Å². The highest BCUT2D eigenvalue weighted by Crippen LogP contribution is 2.11. The fourth-order valence-corrected chi connectivity index (χ4v) is 2.70. The lowest BCUT2D eigenvalue weighted by Gasteiger charge is -2.05. The van der Waals surface area contributed by atoms with E-state index in [1.807, 2.05) is 0 Å². The van der Waals surface area contributed by atoms with Gasteiger partial charge in [0, 0.05) is 25.6 Å². The Hall–Kier alpha value is -1.78. The minimum Gasteiger partial charge on any atom is -0.392 e. The van der Waals surface area contributed by atoms with Crippen molar-refractivity contribution >= 4 is 10.0 Å². The first-order valence-corrected chi connectivity index (χ1v) is 6.98. The molecule has 2 aromatic heterocycles. The summed E-state index contributed by atoms with van der Waals surface area (Å²) in [7, 11) is -1.93. The van der Waals surface area contributed by atoms with Crippen LogP contribution in [-0.2, 0) is 30.1 Å². The second-order valence-corrected chi connectivity index (χ2v) is 5.59. The molecule has 0 atom stereocenters. The highest BCUT2D eigenvalue weighted by Gasteiger charge is 2.20. The Kier molecular flexibility index (Phi) is 3.93. The number of hydrogen-bond acceptors (Lipinski definition) is 6. The minimum absolute atomic E-state index is 0.118. The molecule has 104 valence electrons. The van der Waals surface area contributed by atoms with Gasteiger partial charge in [0.1, 0.15) is 12.2 Å². The number of hydrogen-bond donors (Lipinski definition) is 3. The van der Waals surface area contributed by atoms with Gasteiger partial charge in [-0.05, 0) is 0 Å². The molecule has 0 amide bonds. The van der Waals surface area contributed by atoms with Crippen molar-refractivity contribution < 1.29 is 13.5 Å². The fraction of sp³-hybridized carbons (Fsp3) is 0.444. The van der Waals surface area contributed by atoms with Crippen LogP contribution < -0.4 is 4.72 Å². The molecule has 0 bridgehead atoms. The third-order valence-corrected chi connectivity index (χ3v) is 4.04. The fourth-order valence-electron chi connectivity index (χ4n) is 1.55. The number of aliphatic hydroxyl groups is 1. The summed E-state index contributed by atoms with van der Waals surface area (Å²) in [5.74, 6) is 0.676. The van der Waals surface area contributed by atoms with Crippen molar-refractivity contribution in [2.24, 2.45) is 7.05 Å². The Morgan fingerprint density at radius 1 is 1.53 bits per heavy atom. The lowest BCUT2D eigenvalue weighted by atomic mass is 10.4. The molecule has 0 aliphatic heterocycles. The number of nitrogens with zero attached hydrogens (tertiary/aromatic N) is 4. The molecule has 0 aromatic carbocycles. The van der Waals surface area contributed by atoms with E-state index in [4.69, 9.17) is 5.11 Å². The molecule has 0 spiro atoms. The smallest absolute Gasteiger partial charge is 0.257 e. The van der Waals surface area contributed by atoms with Gasteiger partial charge in [-0.3, -0.25) is 5.10 Å². The van der Waals surface area contributed by atoms with Crippen molar-refractivity contribution in [3.8, 4) is 0 Å². The van der Waals surface area contributed by atoms with Crippen LogP contribution in [0.1, 0.15) is 11.4 Å². The molecule has 0 saturated heterocycles. The Balaban J connectivity index is 2.01. The molecule has 19 heavy (non-hydrogen) atoms. The maximum absolute atomic E-state index is 12.0. The van der Waals surface area contributed by atoms with Crippen molar-refractivity contribution in [1.29, 1.82) is 0 Å². The van der Waals surface area contributed by atoms with E-state index in [2.05, 4.69) is 25.1 Å². The standard InChI is InChI=1S/C9H14N6O3S/c1-15-6-11-13-8(15)2-3-12-19(17,18)9-7(5-16)4-10-14-9/h4,6,12,16H,2-3,5H2,1H3,(H,10,14). The van der Waals surface area contributed by atoms with Crippen LogP contribution in [-0.4, -0.2) is 45.0 Å². The molecule has 0 aliphatic carbocycles. The summed E-state index contributed by atoms with van der Waals surface area (Å²) in [6.45, 7) is -0.214. The largest absolute Gasteiger partial charge is 0.392 e. The first-order chi connectivity index (χ1) is 9.04. The van der Waals surface area contributed by atoms with E-state index in [1.54, 1.807) is 17.9 Å². The van der Waals surface area contributed by atoms with E-state index in [-0.39, 0.29) is 17.1 Å². The molecule has 0 unspecified atom stereocenters.